The second kappa shape index (κ2) is 20.6. The second-order valence-corrected chi connectivity index (χ2v) is 18.7. The summed E-state index contributed by atoms with van der Waals surface area (Å²) in [5.74, 6) is 11.7. The van der Waals surface area contributed by atoms with Gasteiger partial charge in [0.25, 0.3) is 11.8 Å². The Labute approximate surface area is 380 Å². The predicted molar refractivity (Wildman–Crippen MR) is 247 cm³/mol. The molecule has 4 aromatic carbocycles. The highest BCUT2D eigenvalue weighted by Crippen LogP contribution is 2.37. The molecular weight excluding hydrogens is 829 g/mol. The lowest BCUT2D eigenvalue weighted by atomic mass is 9.94. The van der Waals surface area contributed by atoms with Crippen LogP contribution in [0.1, 0.15) is 93.2 Å². The summed E-state index contributed by atoms with van der Waals surface area (Å²) >= 11 is 0. The molecule has 0 saturated heterocycles. The van der Waals surface area contributed by atoms with E-state index in [0.29, 0.717) is 17.0 Å². The Balaban J connectivity index is 0.000000250. The third kappa shape index (κ3) is 13.8. The Bertz CT molecular complexity index is 2570. The highest BCUT2D eigenvalue weighted by Gasteiger charge is 2.40. The Kier molecular flexibility index (Phi) is 15.7. The number of hydrogen-bond donors (Lipinski definition) is 6. The zero-order valence-corrected chi connectivity index (χ0v) is 38.5. The molecule has 0 radical (unpaired) electrons. The monoisotopic (exact) mass is 888 g/mol. The number of hydrogen-bond acceptors (Lipinski definition) is 11. The van der Waals surface area contributed by atoms with Gasteiger partial charge in [0.15, 0.2) is 0 Å². The Morgan fingerprint density at radius 1 is 0.646 bits per heavy atom. The number of nitrogens with one attached hydrogen (secondary N) is 3. The molecule has 2 aliphatic rings. The van der Waals surface area contributed by atoms with Crippen molar-refractivity contribution >= 4 is 51.4 Å². The molecule has 344 valence electrons. The van der Waals surface area contributed by atoms with E-state index in [1.54, 1.807) is 72.7 Å². The average molecular weight is 889 g/mol. The minimum Gasteiger partial charge on any atom is -0.467 e. The van der Waals surface area contributed by atoms with Crippen LogP contribution < -0.4 is 21.7 Å². The van der Waals surface area contributed by atoms with Crippen molar-refractivity contribution in [1.82, 2.24) is 16.0 Å². The molecule has 0 aliphatic heterocycles. The standard InChI is InChI=1S/C28H34N2O6.C23H26N2O4/c1-27(2,3)36-26(34)30-28(4,5)23(25(33)35-6)29-24(32)21-12-11-18-13-17(7-9-19(18)14-21)8-10-20-15-22(20)16-31;1-23(2,24)20(22(28)29-3)25-21(27)18-9-8-15-10-14(4-6-16(15)11-18)5-7-17-12-19(17)13-26/h7,9,11-14,20,22-23,31H,15-16H2,1-6H3,(H,29,32)(H,30,34);4,6,8-11,17,19-20,26H,12-13,24H2,1-3H3,(H,25,27)/t20?,22-,23-;17?,19-,20-/m11/s1. The van der Waals surface area contributed by atoms with E-state index in [1.165, 1.54) is 14.2 Å². The highest BCUT2D eigenvalue weighted by molar-refractivity contribution is 6.02. The minimum absolute atomic E-state index is 0.174. The normalized spacial score (nSPS) is 18.4. The Morgan fingerprint density at radius 3 is 1.43 bits per heavy atom. The van der Waals surface area contributed by atoms with Crippen LogP contribution in [-0.4, -0.2) is 96.3 Å². The number of aliphatic hydroxyl groups is 2. The molecule has 2 fully saturated rings. The fourth-order valence-electron chi connectivity index (χ4n) is 6.92. The van der Waals surface area contributed by atoms with Gasteiger partial charge in [-0.3, -0.25) is 9.59 Å². The van der Waals surface area contributed by atoms with Crippen LogP contribution in [0, 0.1) is 47.4 Å². The number of alkyl carbamates (subject to hydrolysis) is 1. The van der Waals surface area contributed by atoms with Crippen molar-refractivity contribution in [3.63, 3.8) is 0 Å². The molecule has 0 heterocycles. The van der Waals surface area contributed by atoms with Crippen molar-refractivity contribution in [1.29, 1.82) is 0 Å². The molecular formula is C51H60N4O10. The molecule has 4 aromatic rings. The van der Waals surface area contributed by atoms with Crippen LogP contribution in [0.25, 0.3) is 21.5 Å². The summed E-state index contributed by atoms with van der Waals surface area (Å²) in [5, 5.41) is 29.9. The maximum absolute atomic E-state index is 13.1. The number of esters is 2. The minimum atomic E-state index is -1.20. The fourth-order valence-corrected chi connectivity index (χ4v) is 6.92. The fraction of sp³-hybridized carbons (Fsp3) is 0.431. The van der Waals surface area contributed by atoms with Crippen molar-refractivity contribution in [2.45, 2.75) is 90.1 Å². The van der Waals surface area contributed by atoms with Gasteiger partial charge in [0, 0.05) is 52.8 Å². The quantitative estimate of drug-likeness (QED) is 0.0652. The van der Waals surface area contributed by atoms with Gasteiger partial charge in [-0.1, -0.05) is 47.9 Å². The molecule has 3 amide bonds. The lowest BCUT2D eigenvalue weighted by Gasteiger charge is -2.34. The van der Waals surface area contributed by atoms with Crippen LogP contribution in [0.5, 0.6) is 0 Å². The van der Waals surface area contributed by atoms with E-state index in [0.717, 1.165) is 45.5 Å². The summed E-state index contributed by atoms with van der Waals surface area (Å²) < 4.78 is 14.9. The summed E-state index contributed by atoms with van der Waals surface area (Å²) in [5.41, 5.74) is 5.67. The first-order chi connectivity index (χ1) is 30.5. The summed E-state index contributed by atoms with van der Waals surface area (Å²) in [4.78, 5) is 62.6. The lowest BCUT2D eigenvalue weighted by molar-refractivity contribution is -0.145. The van der Waals surface area contributed by atoms with Crippen molar-refractivity contribution < 1.29 is 48.4 Å². The van der Waals surface area contributed by atoms with Crippen molar-refractivity contribution in [3.8, 4) is 23.7 Å². The molecule has 2 aliphatic carbocycles. The van der Waals surface area contributed by atoms with Crippen LogP contribution in [0.2, 0.25) is 0 Å². The van der Waals surface area contributed by atoms with Crippen LogP contribution in [0.3, 0.4) is 0 Å². The summed E-state index contributed by atoms with van der Waals surface area (Å²) in [6, 6.07) is 19.9. The van der Waals surface area contributed by atoms with Gasteiger partial charge in [-0.2, -0.15) is 0 Å². The first-order valence-electron chi connectivity index (χ1n) is 21.5. The van der Waals surface area contributed by atoms with Gasteiger partial charge in [-0.15, -0.1) is 0 Å². The predicted octanol–water partition coefficient (Wildman–Crippen LogP) is 5.22. The van der Waals surface area contributed by atoms with Gasteiger partial charge in [-0.25, -0.2) is 14.4 Å². The lowest BCUT2D eigenvalue weighted by Crippen LogP contribution is -2.62. The van der Waals surface area contributed by atoms with E-state index in [-0.39, 0.29) is 31.0 Å². The molecule has 14 nitrogen and oxygen atoms in total. The maximum atomic E-state index is 13.1. The molecule has 2 saturated carbocycles. The molecule has 0 spiro atoms. The van der Waals surface area contributed by atoms with E-state index in [2.05, 4.69) is 39.6 Å². The van der Waals surface area contributed by atoms with Gasteiger partial charge in [0.05, 0.1) is 19.8 Å². The number of aliphatic hydroxyl groups excluding tert-OH is 2. The average Bonchev–Trinajstić information content (AvgIpc) is 4.19. The molecule has 14 heteroatoms. The molecule has 0 bridgehead atoms. The van der Waals surface area contributed by atoms with Gasteiger partial charge in [0.1, 0.15) is 17.7 Å². The van der Waals surface area contributed by atoms with Crippen molar-refractivity contribution in [2.24, 2.45) is 29.4 Å². The van der Waals surface area contributed by atoms with Crippen LogP contribution >= 0.6 is 0 Å². The maximum Gasteiger partial charge on any atom is 0.408 e. The molecule has 0 aromatic heterocycles. The topological polar surface area (TPSA) is 216 Å². The number of fused-ring (bicyclic) bond motifs is 2. The van der Waals surface area contributed by atoms with Crippen molar-refractivity contribution in [3.05, 3.63) is 95.1 Å². The number of ether oxygens (including phenoxy) is 3. The van der Waals surface area contributed by atoms with Crippen molar-refractivity contribution in [2.75, 3.05) is 27.4 Å². The van der Waals surface area contributed by atoms with E-state index in [1.807, 2.05) is 48.5 Å². The van der Waals surface area contributed by atoms with Crippen LogP contribution in [-0.2, 0) is 23.8 Å². The smallest absolute Gasteiger partial charge is 0.408 e. The van der Waals surface area contributed by atoms with Crippen LogP contribution in [0.15, 0.2) is 72.8 Å². The second-order valence-electron chi connectivity index (χ2n) is 18.7. The first-order valence-corrected chi connectivity index (χ1v) is 21.5. The molecule has 6 rings (SSSR count). The molecule has 2 unspecified atom stereocenters. The van der Waals surface area contributed by atoms with E-state index in [9.17, 15) is 24.0 Å². The highest BCUT2D eigenvalue weighted by atomic mass is 16.6. The third-order valence-corrected chi connectivity index (χ3v) is 11.0. The Morgan fingerprint density at radius 2 is 1.05 bits per heavy atom. The SMILES string of the molecule is COC(=O)[C@@H](NC(=O)c1ccc2cc(C#CC3C[C@@H]3CO)ccc2c1)C(C)(C)N.COC(=O)[C@@H](NC(=O)c1ccc2cc(C#CC3C[C@@H]3CO)ccc2c1)C(C)(C)NC(=O)OC(C)(C)C. The number of rotatable bonds is 11. The number of nitrogens with two attached hydrogens (primary N) is 1. The third-order valence-electron chi connectivity index (χ3n) is 11.0. The molecule has 7 N–H and O–H groups in total. The van der Waals surface area contributed by atoms with Crippen LogP contribution in [0.4, 0.5) is 4.79 Å². The molecule has 6 atom stereocenters. The largest absolute Gasteiger partial charge is 0.467 e. The van der Waals surface area contributed by atoms with E-state index >= 15 is 0 Å². The number of amides is 3. The summed E-state index contributed by atoms with van der Waals surface area (Å²) in [6.07, 6.45) is 1.18. The number of carbonyl (C=O) groups is 5. The number of methoxy groups -OCH3 is 2. The Hall–Kier alpha value is -6.45. The van der Waals surface area contributed by atoms with Gasteiger partial charge in [0.2, 0.25) is 0 Å². The first kappa shape index (κ1) is 49.6. The summed E-state index contributed by atoms with van der Waals surface area (Å²) in [6.45, 7) is 12.1. The van der Waals surface area contributed by atoms with Gasteiger partial charge >= 0.3 is 18.0 Å². The van der Waals surface area contributed by atoms with Gasteiger partial charge in [-0.05, 0) is 143 Å². The van der Waals surface area contributed by atoms with E-state index < -0.39 is 58.6 Å². The molecule has 65 heavy (non-hydrogen) atoms. The number of benzene rings is 4. The summed E-state index contributed by atoms with van der Waals surface area (Å²) in [7, 11) is 2.48. The van der Waals surface area contributed by atoms with E-state index in [4.69, 9.17) is 30.2 Å². The zero-order valence-electron chi connectivity index (χ0n) is 38.5. The van der Waals surface area contributed by atoms with Gasteiger partial charge < -0.3 is 46.1 Å². The number of carbonyl (C=O) groups excluding carboxylic acids is 5. The zero-order chi connectivity index (χ0) is 47.9.